The smallest absolute Gasteiger partial charge is 0.240 e. The molecular formula is C19H21ClN2O5S2. The predicted octanol–water partition coefficient (Wildman–Crippen LogP) is 2.88. The molecular weight excluding hydrogens is 436 g/mol. The Balaban J connectivity index is 1.51. The molecule has 0 bridgehead atoms. The standard InChI is InChI=1S/C19H21ClN2O5S2/c1-29(24,25)22(15-6-7-17-18(10-15)27-13-26-17)11-19(23)21-8-9-28-12-14-4-2-3-5-16(14)20/h2-7,10H,8-9,11-13H2,1H3,(H,21,23). The molecule has 0 saturated heterocycles. The largest absolute Gasteiger partial charge is 0.454 e. The Morgan fingerprint density at radius 2 is 1.97 bits per heavy atom. The van der Waals surface area contributed by atoms with Gasteiger partial charge in [-0.1, -0.05) is 29.8 Å². The molecule has 0 aliphatic carbocycles. The number of sulfonamides is 1. The predicted molar refractivity (Wildman–Crippen MR) is 115 cm³/mol. The van der Waals surface area contributed by atoms with Crippen LogP contribution in [0.2, 0.25) is 5.02 Å². The van der Waals surface area contributed by atoms with E-state index >= 15 is 0 Å². The number of anilines is 1. The molecule has 0 saturated carbocycles. The van der Waals surface area contributed by atoms with Gasteiger partial charge in [-0.05, 0) is 23.8 Å². The monoisotopic (exact) mass is 456 g/mol. The lowest BCUT2D eigenvalue weighted by atomic mass is 10.2. The van der Waals surface area contributed by atoms with Gasteiger partial charge < -0.3 is 14.8 Å². The van der Waals surface area contributed by atoms with Crippen molar-refractivity contribution in [3.63, 3.8) is 0 Å². The molecule has 1 aliphatic rings. The average Bonchev–Trinajstić information content (AvgIpc) is 3.14. The summed E-state index contributed by atoms with van der Waals surface area (Å²) in [6, 6.07) is 12.4. The summed E-state index contributed by atoms with van der Waals surface area (Å²) >= 11 is 7.75. The molecule has 29 heavy (non-hydrogen) atoms. The molecule has 1 aliphatic heterocycles. The summed E-state index contributed by atoms with van der Waals surface area (Å²) in [5.41, 5.74) is 1.39. The minimum atomic E-state index is -3.65. The number of rotatable bonds is 9. The van der Waals surface area contributed by atoms with E-state index in [4.69, 9.17) is 21.1 Å². The molecule has 1 heterocycles. The minimum absolute atomic E-state index is 0.0873. The molecule has 0 radical (unpaired) electrons. The number of carbonyl (C=O) groups excluding carboxylic acids is 1. The number of nitrogens with zero attached hydrogens (tertiary/aromatic N) is 1. The van der Waals surface area contributed by atoms with Gasteiger partial charge >= 0.3 is 0 Å². The van der Waals surface area contributed by atoms with Crippen molar-refractivity contribution in [3.05, 3.63) is 53.1 Å². The second-order valence-electron chi connectivity index (χ2n) is 6.30. The second-order valence-corrected chi connectivity index (χ2v) is 9.72. The number of carbonyl (C=O) groups is 1. The Morgan fingerprint density at radius 3 is 2.72 bits per heavy atom. The zero-order chi connectivity index (χ0) is 20.9. The molecule has 10 heteroatoms. The molecule has 1 amide bonds. The number of nitrogens with one attached hydrogen (secondary N) is 1. The molecule has 2 aromatic rings. The summed E-state index contributed by atoms with van der Waals surface area (Å²) in [7, 11) is -3.65. The van der Waals surface area contributed by atoms with Gasteiger partial charge in [0, 0.05) is 29.1 Å². The Labute approximate surface area is 179 Å². The van der Waals surface area contributed by atoms with Crippen LogP contribution in [0.4, 0.5) is 5.69 Å². The van der Waals surface area contributed by atoms with Crippen molar-refractivity contribution >= 4 is 45.0 Å². The van der Waals surface area contributed by atoms with Gasteiger partial charge in [0.1, 0.15) is 6.54 Å². The third-order valence-corrected chi connectivity index (χ3v) is 6.63. The van der Waals surface area contributed by atoms with Gasteiger partial charge in [-0.15, -0.1) is 0 Å². The van der Waals surface area contributed by atoms with Crippen molar-refractivity contribution in [1.29, 1.82) is 0 Å². The maximum absolute atomic E-state index is 12.3. The molecule has 0 unspecified atom stereocenters. The van der Waals surface area contributed by atoms with Crippen LogP contribution in [0.3, 0.4) is 0 Å². The molecule has 156 valence electrons. The first-order valence-corrected chi connectivity index (χ1v) is 12.2. The zero-order valence-electron chi connectivity index (χ0n) is 15.8. The Kier molecular flexibility index (Phi) is 7.15. The highest BCUT2D eigenvalue weighted by molar-refractivity contribution is 7.98. The highest BCUT2D eigenvalue weighted by Gasteiger charge is 2.23. The highest BCUT2D eigenvalue weighted by Crippen LogP contribution is 2.36. The SMILES string of the molecule is CS(=O)(=O)N(CC(=O)NCCSCc1ccccc1Cl)c1ccc2c(c1)OCO2. The van der Waals surface area contributed by atoms with E-state index in [1.807, 2.05) is 24.3 Å². The first-order valence-electron chi connectivity index (χ1n) is 8.80. The topological polar surface area (TPSA) is 84.9 Å². The fourth-order valence-corrected chi connectivity index (χ4v) is 4.68. The maximum Gasteiger partial charge on any atom is 0.240 e. The molecule has 2 aromatic carbocycles. The van der Waals surface area contributed by atoms with E-state index in [1.165, 1.54) is 0 Å². The molecule has 7 nitrogen and oxygen atoms in total. The van der Waals surface area contributed by atoms with E-state index in [0.717, 1.165) is 26.9 Å². The summed E-state index contributed by atoms with van der Waals surface area (Å²) < 4.78 is 35.9. The lowest BCUT2D eigenvalue weighted by molar-refractivity contribution is -0.119. The number of halogens is 1. The molecule has 0 fully saturated rings. The summed E-state index contributed by atoms with van der Waals surface area (Å²) in [6.45, 7) is 0.199. The third-order valence-electron chi connectivity index (χ3n) is 4.12. The Bertz CT molecular complexity index is 984. The molecule has 1 N–H and O–H groups in total. The molecule has 3 rings (SSSR count). The van der Waals surface area contributed by atoms with Crippen LogP contribution in [0, 0.1) is 0 Å². The van der Waals surface area contributed by atoms with Crippen LogP contribution in [0.15, 0.2) is 42.5 Å². The van der Waals surface area contributed by atoms with E-state index < -0.39 is 10.0 Å². The summed E-state index contributed by atoms with van der Waals surface area (Å²) in [4.78, 5) is 12.3. The fourth-order valence-electron chi connectivity index (χ4n) is 2.69. The molecule has 0 aromatic heterocycles. The third kappa shape index (κ3) is 5.94. The van der Waals surface area contributed by atoms with Crippen molar-refractivity contribution < 1.29 is 22.7 Å². The van der Waals surface area contributed by atoms with Crippen LogP contribution in [-0.2, 0) is 20.6 Å². The Morgan fingerprint density at radius 1 is 1.21 bits per heavy atom. The van der Waals surface area contributed by atoms with E-state index in [2.05, 4.69) is 5.32 Å². The highest BCUT2D eigenvalue weighted by atomic mass is 35.5. The molecule has 0 atom stereocenters. The summed E-state index contributed by atoms with van der Waals surface area (Å²) in [5, 5.41) is 3.47. The van der Waals surface area contributed by atoms with Crippen molar-refractivity contribution in [3.8, 4) is 11.5 Å². The summed E-state index contributed by atoms with van der Waals surface area (Å²) in [6.07, 6.45) is 1.06. The Hall–Kier alpha value is -2.10. The van der Waals surface area contributed by atoms with Gasteiger partial charge in [-0.25, -0.2) is 8.42 Å². The number of thioether (sulfide) groups is 1. The van der Waals surface area contributed by atoms with Crippen LogP contribution < -0.4 is 19.1 Å². The van der Waals surface area contributed by atoms with Crippen LogP contribution in [-0.4, -0.2) is 46.2 Å². The van der Waals surface area contributed by atoms with Gasteiger partial charge in [0.25, 0.3) is 0 Å². The number of amides is 1. The van der Waals surface area contributed by atoms with Crippen molar-refractivity contribution in [2.24, 2.45) is 0 Å². The van der Waals surface area contributed by atoms with Gasteiger partial charge in [0.15, 0.2) is 11.5 Å². The number of benzene rings is 2. The maximum atomic E-state index is 12.3. The number of fused-ring (bicyclic) bond motifs is 1. The van der Waals surface area contributed by atoms with Crippen molar-refractivity contribution in [1.82, 2.24) is 5.32 Å². The van der Waals surface area contributed by atoms with E-state index in [-0.39, 0.29) is 19.2 Å². The fraction of sp³-hybridized carbons (Fsp3) is 0.316. The zero-order valence-corrected chi connectivity index (χ0v) is 18.1. The van der Waals surface area contributed by atoms with Crippen LogP contribution in [0.1, 0.15) is 5.56 Å². The first kappa shape index (κ1) is 21.6. The van der Waals surface area contributed by atoms with E-state index in [9.17, 15) is 13.2 Å². The first-order chi connectivity index (χ1) is 13.8. The summed E-state index contributed by atoms with van der Waals surface area (Å²) in [5.74, 6) is 2.03. The lowest BCUT2D eigenvalue weighted by Crippen LogP contribution is -2.41. The molecule has 0 spiro atoms. The lowest BCUT2D eigenvalue weighted by Gasteiger charge is -2.22. The van der Waals surface area contributed by atoms with Gasteiger partial charge in [0.2, 0.25) is 22.7 Å². The average molecular weight is 457 g/mol. The normalized spacial score (nSPS) is 12.6. The van der Waals surface area contributed by atoms with Gasteiger partial charge in [0.05, 0.1) is 11.9 Å². The van der Waals surface area contributed by atoms with E-state index in [0.29, 0.717) is 29.5 Å². The van der Waals surface area contributed by atoms with Gasteiger partial charge in [-0.2, -0.15) is 11.8 Å². The van der Waals surface area contributed by atoms with Crippen molar-refractivity contribution in [2.45, 2.75) is 5.75 Å². The second kappa shape index (κ2) is 9.60. The number of hydrogen-bond donors (Lipinski definition) is 1. The number of ether oxygens (including phenoxy) is 2. The van der Waals surface area contributed by atoms with Crippen LogP contribution in [0.25, 0.3) is 0 Å². The van der Waals surface area contributed by atoms with Crippen molar-refractivity contribution in [2.75, 3.05) is 36.2 Å². The van der Waals surface area contributed by atoms with Gasteiger partial charge in [-0.3, -0.25) is 9.10 Å². The minimum Gasteiger partial charge on any atom is -0.454 e. The number of hydrogen-bond acceptors (Lipinski definition) is 6. The van der Waals surface area contributed by atoms with E-state index in [1.54, 1.807) is 30.0 Å². The van der Waals surface area contributed by atoms with Crippen LogP contribution >= 0.6 is 23.4 Å². The quantitative estimate of drug-likeness (QED) is 0.584. The van der Waals surface area contributed by atoms with Crippen LogP contribution in [0.5, 0.6) is 11.5 Å².